The predicted molar refractivity (Wildman–Crippen MR) is 87.0 cm³/mol. The Kier molecular flexibility index (Phi) is 2.45. The minimum absolute atomic E-state index is 0.886. The molecule has 0 aliphatic heterocycles. The Morgan fingerprint density at radius 3 is 2.71 bits per heavy atom. The zero-order chi connectivity index (χ0) is 14.6. The van der Waals surface area contributed by atoms with Crippen molar-refractivity contribution in [1.82, 2.24) is 9.55 Å². The van der Waals surface area contributed by atoms with Crippen molar-refractivity contribution in [3.8, 4) is 5.75 Å². The van der Waals surface area contributed by atoms with Gasteiger partial charge in [-0.1, -0.05) is 0 Å². The molecule has 2 aromatic heterocycles. The van der Waals surface area contributed by atoms with E-state index >= 15 is 0 Å². The Balaban J connectivity index is 2.27. The first-order valence-corrected chi connectivity index (χ1v) is 7.00. The summed E-state index contributed by atoms with van der Waals surface area (Å²) >= 11 is 0. The first-order chi connectivity index (χ1) is 10.2. The number of hydrogen-bond donors (Lipinski definition) is 0. The highest BCUT2D eigenvalue weighted by Gasteiger charge is 2.13. The molecule has 3 nitrogen and oxygen atoms in total. The molecule has 0 fully saturated rings. The van der Waals surface area contributed by atoms with Crippen LogP contribution in [0.2, 0.25) is 0 Å². The second-order valence-corrected chi connectivity index (χ2v) is 5.44. The van der Waals surface area contributed by atoms with Gasteiger partial charge in [-0.25, -0.2) is 0 Å². The average Bonchev–Trinajstić information content (AvgIpc) is 2.80. The van der Waals surface area contributed by atoms with Crippen molar-refractivity contribution in [2.45, 2.75) is 6.92 Å². The molecule has 0 atom stereocenters. The van der Waals surface area contributed by atoms with Crippen LogP contribution in [0.5, 0.6) is 5.75 Å². The third-order valence-electron chi connectivity index (χ3n) is 4.36. The number of hydrogen-bond acceptors (Lipinski definition) is 2. The molecule has 2 heterocycles. The number of benzene rings is 2. The summed E-state index contributed by atoms with van der Waals surface area (Å²) in [5, 5.41) is 4.97. The zero-order valence-corrected chi connectivity index (χ0v) is 12.3. The maximum atomic E-state index is 5.36. The Hall–Kier alpha value is -2.55. The van der Waals surface area contributed by atoms with Crippen LogP contribution in [0.1, 0.15) is 5.56 Å². The normalized spacial score (nSPS) is 11.6. The van der Waals surface area contributed by atoms with E-state index in [2.05, 4.69) is 47.8 Å². The number of fused-ring (bicyclic) bond motifs is 4. The van der Waals surface area contributed by atoms with Gasteiger partial charge in [0.1, 0.15) is 5.75 Å². The number of aromatic nitrogens is 2. The molecule has 4 rings (SSSR count). The molecular weight excluding hydrogens is 260 g/mol. The van der Waals surface area contributed by atoms with Gasteiger partial charge in [0.25, 0.3) is 0 Å². The molecule has 2 aromatic carbocycles. The van der Waals surface area contributed by atoms with E-state index in [9.17, 15) is 0 Å². The van der Waals surface area contributed by atoms with Gasteiger partial charge in [0, 0.05) is 41.7 Å². The minimum atomic E-state index is 0.886. The van der Waals surface area contributed by atoms with Crippen molar-refractivity contribution >= 4 is 32.6 Å². The lowest BCUT2D eigenvalue weighted by Gasteiger charge is -2.06. The van der Waals surface area contributed by atoms with Crippen LogP contribution in [0.15, 0.2) is 42.7 Å². The molecule has 3 heteroatoms. The Morgan fingerprint density at radius 2 is 1.90 bits per heavy atom. The molecule has 0 aliphatic carbocycles. The fraction of sp³-hybridized carbons (Fsp3) is 0.167. The molecule has 0 amide bonds. The standard InChI is InChI=1S/C18H16N2O/c1-11-14-6-7-19-10-12(14)8-16-15-5-4-13(21-3)9-17(15)20(2)18(11)16/h4-10H,1-3H3. The second kappa shape index (κ2) is 4.22. The smallest absolute Gasteiger partial charge is 0.120 e. The largest absolute Gasteiger partial charge is 0.497 e. The third kappa shape index (κ3) is 1.57. The average molecular weight is 276 g/mol. The molecule has 0 saturated carbocycles. The van der Waals surface area contributed by atoms with Crippen LogP contribution in [0.25, 0.3) is 32.6 Å². The number of rotatable bonds is 1. The van der Waals surface area contributed by atoms with Crippen LogP contribution in [0.3, 0.4) is 0 Å². The van der Waals surface area contributed by atoms with E-state index in [1.54, 1.807) is 7.11 Å². The SMILES string of the molecule is COc1ccc2c3cc4cnccc4c(C)c3n(C)c2c1. The van der Waals surface area contributed by atoms with Gasteiger partial charge in [-0.3, -0.25) is 4.98 Å². The molecule has 0 bridgehead atoms. The van der Waals surface area contributed by atoms with Crippen LogP contribution < -0.4 is 4.74 Å². The fourth-order valence-corrected chi connectivity index (χ4v) is 3.32. The lowest BCUT2D eigenvalue weighted by molar-refractivity contribution is 0.415. The number of ether oxygens (including phenoxy) is 1. The fourth-order valence-electron chi connectivity index (χ4n) is 3.32. The Bertz CT molecular complexity index is 999. The Labute approximate surface area is 122 Å². The lowest BCUT2D eigenvalue weighted by Crippen LogP contribution is -1.91. The maximum absolute atomic E-state index is 5.36. The molecule has 21 heavy (non-hydrogen) atoms. The highest BCUT2D eigenvalue weighted by atomic mass is 16.5. The maximum Gasteiger partial charge on any atom is 0.120 e. The van der Waals surface area contributed by atoms with E-state index in [0.29, 0.717) is 0 Å². The molecular formula is C18H16N2O. The van der Waals surface area contributed by atoms with E-state index < -0.39 is 0 Å². The summed E-state index contributed by atoms with van der Waals surface area (Å²) in [7, 11) is 3.82. The van der Waals surface area contributed by atoms with Crippen molar-refractivity contribution < 1.29 is 4.74 Å². The Morgan fingerprint density at radius 1 is 1.05 bits per heavy atom. The van der Waals surface area contributed by atoms with Crippen LogP contribution in [-0.4, -0.2) is 16.7 Å². The van der Waals surface area contributed by atoms with Gasteiger partial charge in [-0.2, -0.15) is 0 Å². The number of nitrogens with zero attached hydrogens (tertiary/aromatic N) is 2. The van der Waals surface area contributed by atoms with Crippen molar-refractivity contribution in [1.29, 1.82) is 0 Å². The topological polar surface area (TPSA) is 27.1 Å². The highest BCUT2D eigenvalue weighted by molar-refractivity contribution is 6.14. The van der Waals surface area contributed by atoms with E-state index in [1.807, 2.05) is 18.5 Å². The van der Waals surface area contributed by atoms with Crippen molar-refractivity contribution in [2.75, 3.05) is 7.11 Å². The van der Waals surface area contributed by atoms with Crippen LogP contribution in [0, 0.1) is 6.92 Å². The molecule has 0 radical (unpaired) electrons. The minimum Gasteiger partial charge on any atom is -0.497 e. The van der Waals surface area contributed by atoms with Crippen molar-refractivity contribution in [3.63, 3.8) is 0 Å². The van der Waals surface area contributed by atoms with E-state index in [1.165, 1.54) is 38.1 Å². The summed E-state index contributed by atoms with van der Waals surface area (Å²) in [6.45, 7) is 2.18. The summed E-state index contributed by atoms with van der Waals surface area (Å²) in [6.07, 6.45) is 3.79. The van der Waals surface area contributed by atoms with Crippen LogP contribution in [-0.2, 0) is 7.05 Å². The quantitative estimate of drug-likeness (QED) is 0.521. The van der Waals surface area contributed by atoms with Gasteiger partial charge in [-0.05, 0) is 42.1 Å². The summed E-state index contributed by atoms with van der Waals surface area (Å²) in [5.41, 5.74) is 3.76. The lowest BCUT2D eigenvalue weighted by atomic mass is 10.0. The molecule has 0 unspecified atom stereocenters. The molecule has 4 aromatic rings. The summed E-state index contributed by atoms with van der Waals surface area (Å²) in [5.74, 6) is 0.886. The number of aryl methyl sites for hydroxylation is 2. The highest BCUT2D eigenvalue weighted by Crippen LogP contribution is 2.35. The van der Waals surface area contributed by atoms with Crippen LogP contribution in [0.4, 0.5) is 0 Å². The van der Waals surface area contributed by atoms with Gasteiger partial charge in [0.05, 0.1) is 18.1 Å². The number of methoxy groups -OCH3 is 1. The van der Waals surface area contributed by atoms with Gasteiger partial charge >= 0.3 is 0 Å². The van der Waals surface area contributed by atoms with Crippen molar-refractivity contribution in [3.05, 3.63) is 48.3 Å². The van der Waals surface area contributed by atoms with Crippen LogP contribution >= 0.6 is 0 Å². The predicted octanol–water partition coefficient (Wildman–Crippen LogP) is 4.20. The summed E-state index contributed by atoms with van der Waals surface area (Å²) in [6, 6.07) is 10.6. The first kappa shape index (κ1) is 12.2. The van der Waals surface area contributed by atoms with E-state index in [-0.39, 0.29) is 0 Å². The molecule has 0 aliphatic rings. The number of pyridine rings is 1. The molecule has 104 valence electrons. The summed E-state index contributed by atoms with van der Waals surface area (Å²) in [4.78, 5) is 4.25. The molecule has 0 saturated heterocycles. The van der Waals surface area contributed by atoms with Gasteiger partial charge in [0.15, 0.2) is 0 Å². The monoisotopic (exact) mass is 276 g/mol. The first-order valence-electron chi connectivity index (χ1n) is 7.00. The third-order valence-corrected chi connectivity index (χ3v) is 4.36. The second-order valence-electron chi connectivity index (χ2n) is 5.44. The molecule has 0 spiro atoms. The van der Waals surface area contributed by atoms with E-state index in [0.717, 1.165) is 5.75 Å². The molecule has 0 N–H and O–H groups in total. The van der Waals surface area contributed by atoms with Gasteiger partial charge < -0.3 is 9.30 Å². The summed E-state index contributed by atoms with van der Waals surface area (Å²) < 4.78 is 7.61. The zero-order valence-electron chi connectivity index (χ0n) is 12.3. The van der Waals surface area contributed by atoms with Gasteiger partial charge in [-0.15, -0.1) is 0 Å². The van der Waals surface area contributed by atoms with E-state index in [4.69, 9.17) is 4.74 Å². The van der Waals surface area contributed by atoms with Crippen molar-refractivity contribution in [2.24, 2.45) is 7.05 Å². The van der Waals surface area contributed by atoms with Gasteiger partial charge in [0.2, 0.25) is 0 Å².